The molecular weight excluding hydrogens is 316 g/mol. The molecule has 0 aromatic heterocycles. The summed E-state index contributed by atoms with van der Waals surface area (Å²) in [5.74, 6) is -0.340. The molecule has 2 aromatic carbocycles. The summed E-state index contributed by atoms with van der Waals surface area (Å²) in [6.45, 7) is 3.67. The molecule has 130 valence electrons. The monoisotopic (exact) mass is 338 g/mol. The minimum absolute atomic E-state index is 0.129. The number of hydrogen-bond acceptors (Lipinski definition) is 3. The van der Waals surface area contributed by atoms with E-state index in [1.807, 2.05) is 19.1 Å². The Bertz CT molecular complexity index is 756. The van der Waals surface area contributed by atoms with Crippen LogP contribution in [0, 0.1) is 0 Å². The van der Waals surface area contributed by atoms with Crippen molar-refractivity contribution < 1.29 is 14.3 Å². The van der Waals surface area contributed by atoms with Crippen molar-refractivity contribution in [3.05, 3.63) is 65.2 Å². The SMILES string of the molecule is CCCOC(=O)c1ccc(NC(=O)N2CCc3ccccc3C2)cc1. The summed E-state index contributed by atoms with van der Waals surface area (Å²) in [7, 11) is 0. The fourth-order valence-corrected chi connectivity index (χ4v) is 2.84. The summed E-state index contributed by atoms with van der Waals surface area (Å²) in [6, 6.07) is 14.8. The van der Waals surface area contributed by atoms with Crippen LogP contribution < -0.4 is 5.32 Å². The molecule has 5 nitrogen and oxygen atoms in total. The summed E-state index contributed by atoms with van der Waals surface area (Å²) in [6.07, 6.45) is 1.66. The van der Waals surface area contributed by atoms with Gasteiger partial charge in [0.05, 0.1) is 12.2 Å². The number of amides is 2. The number of hydrogen-bond donors (Lipinski definition) is 1. The molecule has 0 unspecified atom stereocenters. The fourth-order valence-electron chi connectivity index (χ4n) is 2.84. The molecule has 0 spiro atoms. The first-order valence-corrected chi connectivity index (χ1v) is 8.57. The third kappa shape index (κ3) is 4.18. The second kappa shape index (κ2) is 7.83. The molecule has 0 radical (unpaired) electrons. The van der Waals surface area contributed by atoms with Gasteiger partial charge in [-0.3, -0.25) is 0 Å². The number of nitrogens with zero attached hydrogens (tertiary/aromatic N) is 1. The van der Waals surface area contributed by atoms with Gasteiger partial charge < -0.3 is 15.0 Å². The topological polar surface area (TPSA) is 58.6 Å². The predicted octanol–water partition coefficient (Wildman–Crippen LogP) is 3.84. The van der Waals surface area contributed by atoms with Crippen molar-refractivity contribution in [2.75, 3.05) is 18.5 Å². The van der Waals surface area contributed by atoms with Crippen molar-refractivity contribution in [1.82, 2.24) is 4.90 Å². The molecule has 0 bridgehead atoms. The highest BCUT2D eigenvalue weighted by Crippen LogP contribution is 2.19. The number of carbonyl (C=O) groups is 2. The maximum Gasteiger partial charge on any atom is 0.338 e. The van der Waals surface area contributed by atoms with Crippen LogP contribution in [0.4, 0.5) is 10.5 Å². The van der Waals surface area contributed by atoms with Crippen LogP contribution in [0.15, 0.2) is 48.5 Å². The number of urea groups is 1. The fraction of sp³-hybridized carbons (Fsp3) is 0.300. The van der Waals surface area contributed by atoms with Crippen molar-refractivity contribution >= 4 is 17.7 Å². The third-order valence-electron chi connectivity index (χ3n) is 4.23. The molecule has 0 aliphatic carbocycles. The van der Waals surface area contributed by atoms with E-state index in [9.17, 15) is 9.59 Å². The van der Waals surface area contributed by atoms with E-state index in [2.05, 4.69) is 17.4 Å². The number of fused-ring (bicyclic) bond motifs is 1. The van der Waals surface area contributed by atoms with Crippen LogP contribution in [0.3, 0.4) is 0 Å². The Morgan fingerprint density at radius 1 is 1.08 bits per heavy atom. The molecule has 3 rings (SSSR count). The number of carbonyl (C=O) groups excluding carboxylic acids is 2. The van der Waals surface area contributed by atoms with Gasteiger partial charge in [0, 0.05) is 18.8 Å². The second-order valence-electron chi connectivity index (χ2n) is 6.08. The van der Waals surface area contributed by atoms with E-state index in [4.69, 9.17) is 4.74 Å². The molecule has 2 aromatic rings. The maximum atomic E-state index is 12.5. The molecule has 0 saturated carbocycles. The number of rotatable bonds is 4. The summed E-state index contributed by atoms with van der Waals surface area (Å²) < 4.78 is 5.09. The first-order chi connectivity index (χ1) is 12.2. The average molecular weight is 338 g/mol. The zero-order chi connectivity index (χ0) is 17.6. The molecule has 25 heavy (non-hydrogen) atoms. The summed E-state index contributed by atoms with van der Waals surface area (Å²) in [4.78, 5) is 26.0. The molecule has 0 atom stereocenters. The van der Waals surface area contributed by atoms with Crippen molar-refractivity contribution in [2.24, 2.45) is 0 Å². The van der Waals surface area contributed by atoms with Crippen LogP contribution in [-0.4, -0.2) is 30.1 Å². The van der Waals surface area contributed by atoms with Crippen molar-refractivity contribution in [2.45, 2.75) is 26.3 Å². The van der Waals surface area contributed by atoms with Gasteiger partial charge in [0.25, 0.3) is 0 Å². The van der Waals surface area contributed by atoms with Gasteiger partial charge >= 0.3 is 12.0 Å². The zero-order valence-corrected chi connectivity index (χ0v) is 14.3. The molecule has 1 heterocycles. The van der Waals surface area contributed by atoms with Crippen molar-refractivity contribution in [3.8, 4) is 0 Å². The number of ether oxygens (including phenoxy) is 1. The van der Waals surface area contributed by atoms with Crippen LogP contribution in [0.1, 0.15) is 34.8 Å². The molecule has 0 saturated heterocycles. The van der Waals surface area contributed by atoms with Crippen LogP contribution in [0.5, 0.6) is 0 Å². The average Bonchev–Trinajstić information content (AvgIpc) is 2.66. The third-order valence-corrected chi connectivity index (χ3v) is 4.23. The minimum atomic E-state index is -0.340. The van der Waals surface area contributed by atoms with Crippen LogP contribution >= 0.6 is 0 Å². The van der Waals surface area contributed by atoms with Crippen molar-refractivity contribution in [1.29, 1.82) is 0 Å². The number of esters is 1. The Labute approximate surface area is 147 Å². The van der Waals surface area contributed by atoms with E-state index in [0.717, 1.165) is 12.8 Å². The highest BCUT2D eigenvalue weighted by atomic mass is 16.5. The lowest BCUT2D eigenvalue weighted by atomic mass is 10.0. The lowest BCUT2D eigenvalue weighted by Crippen LogP contribution is -2.38. The summed E-state index contributed by atoms with van der Waals surface area (Å²) in [5.41, 5.74) is 3.65. The van der Waals surface area contributed by atoms with E-state index in [0.29, 0.717) is 30.9 Å². The van der Waals surface area contributed by atoms with Crippen LogP contribution in [-0.2, 0) is 17.7 Å². The highest BCUT2D eigenvalue weighted by molar-refractivity contribution is 5.92. The van der Waals surface area contributed by atoms with Gasteiger partial charge in [0.1, 0.15) is 0 Å². The van der Waals surface area contributed by atoms with E-state index in [1.165, 1.54) is 11.1 Å². The quantitative estimate of drug-likeness (QED) is 0.862. The Balaban J connectivity index is 1.59. The predicted molar refractivity (Wildman–Crippen MR) is 96.6 cm³/mol. The van der Waals surface area contributed by atoms with Crippen LogP contribution in [0.2, 0.25) is 0 Å². The molecule has 1 aliphatic rings. The first-order valence-electron chi connectivity index (χ1n) is 8.57. The smallest absolute Gasteiger partial charge is 0.338 e. The lowest BCUT2D eigenvalue weighted by Gasteiger charge is -2.29. The first kappa shape index (κ1) is 17.0. The van der Waals surface area contributed by atoms with Gasteiger partial charge in [-0.2, -0.15) is 0 Å². The Hall–Kier alpha value is -2.82. The molecule has 2 amide bonds. The number of anilines is 1. The van der Waals surface area contributed by atoms with E-state index < -0.39 is 0 Å². The van der Waals surface area contributed by atoms with E-state index >= 15 is 0 Å². The van der Waals surface area contributed by atoms with E-state index in [1.54, 1.807) is 29.2 Å². The Morgan fingerprint density at radius 3 is 2.52 bits per heavy atom. The van der Waals surface area contributed by atoms with Gasteiger partial charge in [-0.25, -0.2) is 9.59 Å². The highest BCUT2D eigenvalue weighted by Gasteiger charge is 2.20. The van der Waals surface area contributed by atoms with Gasteiger partial charge in [0.15, 0.2) is 0 Å². The largest absolute Gasteiger partial charge is 0.462 e. The normalized spacial score (nSPS) is 13.1. The Morgan fingerprint density at radius 2 is 1.80 bits per heavy atom. The van der Waals surface area contributed by atoms with Crippen LogP contribution in [0.25, 0.3) is 0 Å². The molecule has 1 N–H and O–H groups in total. The maximum absolute atomic E-state index is 12.5. The molecule has 0 fully saturated rings. The number of benzene rings is 2. The van der Waals surface area contributed by atoms with Gasteiger partial charge in [-0.1, -0.05) is 31.2 Å². The second-order valence-corrected chi connectivity index (χ2v) is 6.08. The molecular formula is C20H22N2O3. The van der Waals surface area contributed by atoms with Gasteiger partial charge in [-0.05, 0) is 48.2 Å². The molecule has 5 heteroatoms. The standard InChI is InChI=1S/C20H22N2O3/c1-2-13-25-19(23)16-7-9-18(10-8-16)21-20(24)22-12-11-15-5-3-4-6-17(15)14-22/h3-10H,2,11-14H2,1H3,(H,21,24). The molecule has 1 aliphatic heterocycles. The van der Waals surface area contributed by atoms with E-state index in [-0.39, 0.29) is 12.0 Å². The summed E-state index contributed by atoms with van der Waals surface area (Å²) >= 11 is 0. The van der Waals surface area contributed by atoms with Crippen molar-refractivity contribution in [3.63, 3.8) is 0 Å². The Kier molecular flexibility index (Phi) is 5.33. The van der Waals surface area contributed by atoms with Gasteiger partial charge in [-0.15, -0.1) is 0 Å². The summed E-state index contributed by atoms with van der Waals surface area (Å²) in [5, 5.41) is 2.89. The minimum Gasteiger partial charge on any atom is -0.462 e. The zero-order valence-electron chi connectivity index (χ0n) is 14.3. The van der Waals surface area contributed by atoms with Gasteiger partial charge in [0.2, 0.25) is 0 Å². The lowest BCUT2D eigenvalue weighted by molar-refractivity contribution is 0.0505. The number of nitrogens with one attached hydrogen (secondary N) is 1.